The molecule has 0 bridgehead atoms. The van der Waals surface area contributed by atoms with Gasteiger partial charge in [-0.05, 0) is 6.92 Å². The van der Waals surface area contributed by atoms with Crippen molar-refractivity contribution in [3.8, 4) is 0 Å². The van der Waals surface area contributed by atoms with Crippen LogP contribution < -0.4 is 16.6 Å². The quantitative estimate of drug-likeness (QED) is 0.659. The number of anilines is 1. The van der Waals surface area contributed by atoms with Crippen LogP contribution in [0.5, 0.6) is 0 Å². The van der Waals surface area contributed by atoms with Crippen LogP contribution in [0.2, 0.25) is 0 Å². The first-order chi connectivity index (χ1) is 8.08. The molecule has 3 rings (SSSR count). The lowest BCUT2D eigenvalue weighted by molar-refractivity contribution is -0.115. The molecule has 0 saturated carbocycles. The Balaban J connectivity index is 2.37. The number of carbonyl (C=O) groups excluding carboxylic acids is 1. The van der Waals surface area contributed by atoms with Crippen LogP contribution in [0.15, 0.2) is 11.1 Å². The summed E-state index contributed by atoms with van der Waals surface area (Å²) in [4.78, 5) is 31.4. The third-order valence-electron chi connectivity index (χ3n) is 2.67. The summed E-state index contributed by atoms with van der Waals surface area (Å²) in [6.07, 6.45) is 1.13. The standard InChI is InChI=1S/C9H10N6O2/c1-4(10)15-3-11-6-7(15)13-9-12-5(16)2-14(9)8(6)17/h3-4H,2,10H2,1H3,(H,12,13,16). The number of amides is 1. The average molecular weight is 234 g/mol. The number of fused-ring (bicyclic) bond motifs is 2. The van der Waals surface area contributed by atoms with E-state index in [1.807, 2.05) is 0 Å². The van der Waals surface area contributed by atoms with E-state index >= 15 is 0 Å². The molecule has 0 fully saturated rings. The van der Waals surface area contributed by atoms with Gasteiger partial charge in [0.15, 0.2) is 11.2 Å². The molecule has 1 aliphatic rings. The highest BCUT2D eigenvalue weighted by atomic mass is 16.2. The van der Waals surface area contributed by atoms with Crippen molar-refractivity contribution in [1.82, 2.24) is 19.1 Å². The van der Waals surface area contributed by atoms with Gasteiger partial charge in [-0.25, -0.2) is 4.98 Å². The topological polar surface area (TPSA) is 108 Å². The largest absolute Gasteiger partial charge is 0.311 e. The third kappa shape index (κ3) is 1.27. The molecule has 2 aromatic heterocycles. The average Bonchev–Trinajstić information content (AvgIpc) is 2.81. The maximum Gasteiger partial charge on any atom is 0.283 e. The van der Waals surface area contributed by atoms with Crippen LogP contribution in [-0.4, -0.2) is 25.0 Å². The van der Waals surface area contributed by atoms with Crippen LogP contribution in [0, 0.1) is 0 Å². The second-order valence-electron chi connectivity index (χ2n) is 3.94. The van der Waals surface area contributed by atoms with Crippen molar-refractivity contribution in [3.63, 3.8) is 0 Å². The van der Waals surface area contributed by atoms with Crippen molar-refractivity contribution in [3.05, 3.63) is 16.7 Å². The first-order valence-corrected chi connectivity index (χ1v) is 5.10. The summed E-state index contributed by atoms with van der Waals surface area (Å²) in [6.45, 7) is 1.74. The second-order valence-corrected chi connectivity index (χ2v) is 3.94. The van der Waals surface area contributed by atoms with Crippen LogP contribution in [0.3, 0.4) is 0 Å². The molecule has 8 nitrogen and oxygen atoms in total. The number of nitrogens with one attached hydrogen (secondary N) is 1. The fourth-order valence-corrected chi connectivity index (χ4v) is 1.85. The second kappa shape index (κ2) is 3.14. The first-order valence-electron chi connectivity index (χ1n) is 5.10. The minimum absolute atomic E-state index is 0.0118. The van der Waals surface area contributed by atoms with Crippen LogP contribution in [-0.2, 0) is 11.3 Å². The van der Waals surface area contributed by atoms with Crippen molar-refractivity contribution < 1.29 is 4.79 Å². The zero-order valence-corrected chi connectivity index (χ0v) is 9.04. The number of nitrogens with zero attached hydrogens (tertiary/aromatic N) is 4. The number of rotatable bonds is 1. The van der Waals surface area contributed by atoms with Gasteiger partial charge in [0.25, 0.3) is 5.56 Å². The fourth-order valence-electron chi connectivity index (χ4n) is 1.85. The van der Waals surface area contributed by atoms with Crippen LogP contribution in [0.25, 0.3) is 11.2 Å². The molecule has 3 heterocycles. The molecular formula is C9H10N6O2. The van der Waals surface area contributed by atoms with E-state index in [9.17, 15) is 9.59 Å². The number of imidazole rings is 1. The van der Waals surface area contributed by atoms with Gasteiger partial charge in [-0.2, -0.15) is 4.98 Å². The van der Waals surface area contributed by atoms with E-state index in [-0.39, 0.29) is 35.6 Å². The maximum absolute atomic E-state index is 12.0. The Kier molecular flexibility index (Phi) is 1.84. The monoisotopic (exact) mass is 234 g/mol. The SMILES string of the molecule is CC(N)n1cnc2c(=O)n3c(nc21)NC(=O)C3. The normalized spacial score (nSPS) is 16.0. The third-order valence-corrected chi connectivity index (χ3v) is 2.67. The van der Waals surface area contributed by atoms with E-state index in [4.69, 9.17) is 5.73 Å². The number of aromatic nitrogens is 4. The van der Waals surface area contributed by atoms with Crippen molar-refractivity contribution in [2.24, 2.45) is 5.73 Å². The van der Waals surface area contributed by atoms with Gasteiger partial charge in [-0.15, -0.1) is 0 Å². The molecule has 0 spiro atoms. The lowest BCUT2D eigenvalue weighted by Crippen LogP contribution is -2.21. The lowest BCUT2D eigenvalue weighted by Gasteiger charge is -2.07. The van der Waals surface area contributed by atoms with Crippen molar-refractivity contribution in [2.75, 3.05) is 5.32 Å². The Morgan fingerprint density at radius 2 is 2.29 bits per heavy atom. The molecule has 8 heteroatoms. The highest BCUT2D eigenvalue weighted by Crippen LogP contribution is 2.15. The van der Waals surface area contributed by atoms with E-state index in [0.717, 1.165) is 0 Å². The van der Waals surface area contributed by atoms with Gasteiger partial charge >= 0.3 is 0 Å². The molecule has 88 valence electrons. The molecule has 1 aliphatic heterocycles. The van der Waals surface area contributed by atoms with Gasteiger partial charge in [0.1, 0.15) is 6.54 Å². The van der Waals surface area contributed by atoms with E-state index in [1.165, 1.54) is 10.9 Å². The first kappa shape index (κ1) is 9.97. The minimum atomic E-state index is -0.341. The van der Waals surface area contributed by atoms with Gasteiger partial charge in [0.2, 0.25) is 11.9 Å². The Bertz CT molecular complexity index is 683. The number of hydrogen-bond acceptors (Lipinski definition) is 5. The van der Waals surface area contributed by atoms with Crippen LogP contribution >= 0.6 is 0 Å². The van der Waals surface area contributed by atoms with Gasteiger partial charge < -0.3 is 5.73 Å². The zero-order valence-electron chi connectivity index (χ0n) is 9.04. The highest BCUT2D eigenvalue weighted by Gasteiger charge is 2.23. The van der Waals surface area contributed by atoms with Crippen LogP contribution in [0.1, 0.15) is 13.1 Å². The van der Waals surface area contributed by atoms with Crippen molar-refractivity contribution in [1.29, 1.82) is 0 Å². The minimum Gasteiger partial charge on any atom is -0.311 e. The Morgan fingerprint density at radius 3 is 3.00 bits per heavy atom. The molecule has 0 radical (unpaired) electrons. The van der Waals surface area contributed by atoms with E-state index < -0.39 is 0 Å². The van der Waals surface area contributed by atoms with Gasteiger partial charge in [0.05, 0.1) is 12.5 Å². The van der Waals surface area contributed by atoms with E-state index in [2.05, 4.69) is 15.3 Å². The molecule has 0 saturated heterocycles. The van der Waals surface area contributed by atoms with Gasteiger partial charge in [0, 0.05) is 0 Å². The summed E-state index contributed by atoms with van der Waals surface area (Å²) in [7, 11) is 0. The van der Waals surface area contributed by atoms with Crippen LogP contribution in [0.4, 0.5) is 5.95 Å². The predicted molar refractivity (Wildman–Crippen MR) is 59.3 cm³/mol. The highest BCUT2D eigenvalue weighted by molar-refractivity contribution is 5.93. The van der Waals surface area contributed by atoms with Crippen molar-refractivity contribution in [2.45, 2.75) is 19.6 Å². The Morgan fingerprint density at radius 1 is 1.53 bits per heavy atom. The molecule has 2 aromatic rings. The molecular weight excluding hydrogens is 224 g/mol. The van der Waals surface area contributed by atoms with E-state index in [0.29, 0.717) is 5.65 Å². The van der Waals surface area contributed by atoms with E-state index in [1.54, 1.807) is 11.5 Å². The molecule has 3 N–H and O–H groups in total. The molecule has 1 atom stereocenters. The summed E-state index contributed by atoms with van der Waals surface area (Å²) in [5, 5.41) is 2.52. The molecule has 0 aromatic carbocycles. The summed E-state index contributed by atoms with van der Waals surface area (Å²) in [5.41, 5.74) is 6.01. The van der Waals surface area contributed by atoms with Crippen molar-refractivity contribution >= 4 is 23.0 Å². The molecule has 1 unspecified atom stereocenters. The summed E-state index contributed by atoms with van der Waals surface area (Å²) < 4.78 is 2.85. The molecule has 17 heavy (non-hydrogen) atoms. The summed E-state index contributed by atoms with van der Waals surface area (Å²) in [6, 6.07) is 0. The lowest BCUT2D eigenvalue weighted by atomic mass is 10.5. The molecule has 1 amide bonds. The number of carbonyl (C=O) groups is 1. The molecule has 0 aliphatic carbocycles. The number of hydrogen-bond donors (Lipinski definition) is 2. The summed E-state index contributed by atoms with van der Waals surface area (Å²) >= 11 is 0. The maximum atomic E-state index is 12.0. The summed E-state index contributed by atoms with van der Waals surface area (Å²) in [5.74, 6) is -0.00972. The fraction of sp³-hybridized carbons (Fsp3) is 0.333. The smallest absolute Gasteiger partial charge is 0.283 e. The predicted octanol–water partition coefficient (Wildman–Crippen LogP) is -0.978. The van der Waals surface area contributed by atoms with Gasteiger partial charge in [-0.3, -0.25) is 24.0 Å². The van der Waals surface area contributed by atoms with Gasteiger partial charge in [-0.1, -0.05) is 0 Å². The zero-order chi connectivity index (χ0) is 12.2. The Labute approximate surface area is 95.1 Å². The Hall–Kier alpha value is -2.22. The number of nitrogens with two attached hydrogens (primary N) is 1.